The second-order valence-corrected chi connectivity index (χ2v) is 8.17. The lowest BCUT2D eigenvalue weighted by atomic mass is 10.1. The summed E-state index contributed by atoms with van der Waals surface area (Å²) in [5.74, 6) is 0. The minimum absolute atomic E-state index is 0.0155. The van der Waals surface area contributed by atoms with E-state index in [0.29, 0.717) is 50.2 Å². The second kappa shape index (κ2) is 8.22. The van der Waals surface area contributed by atoms with Crippen LogP contribution in [0.1, 0.15) is 30.4 Å². The molecule has 0 amide bonds. The van der Waals surface area contributed by atoms with Crippen molar-refractivity contribution in [2.45, 2.75) is 44.1 Å². The molecular weight excluding hydrogens is 346 g/mol. The molecule has 0 aliphatic carbocycles. The number of hydrogen-bond donors (Lipinski definition) is 1. The zero-order chi connectivity index (χ0) is 18.6. The van der Waals surface area contributed by atoms with Gasteiger partial charge in [0.1, 0.15) is 0 Å². The number of piperidine rings is 1. The number of nitrogens with two attached hydrogens (primary N) is 1. The second-order valence-electron chi connectivity index (χ2n) is 6.26. The van der Waals surface area contributed by atoms with Gasteiger partial charge in [-0.3, -0.25) is 10.1 Å². The Kier molecular flexibility index (Phi) is 6.50. The Morgan fingerprint density at radius 1 is 1.32 bits per heavy atom. The molecule has 25 heavy (non-hydrogen) atoms. The van der Waals surface area contributed by atoms with Gasteiger partial charge < -0.3 is 10.5 Å². The monoisotopic (exact) mass is 371 g/mol. The third kappa shape index (κ3) is 4.55. The van der Waals surface area contributed by atoms with Crippen LogP contribution in [0, 0.1) is 24.0 Å². The van der Waals surface area contributed by atoms with Crippen molar-refractivity contribution in [2.75, 3.05) is 26.2 Å². The summed E-state index contributed by atoms with van der Waals surface area (Å²) in [7, 11) is -3.77. The van der Waals surface area contributed by atoms with E-state index in [0.717, 1.165) is 12.5 Å². The Bertz CT molecular complexity index is 728. The molecular formula is C16H25N3O5S. The highest BCUT2D eigenvalue weighted by atomic mass is 32.2. The molecule has 2 N–H and O–H groups in total. The van der Waals surface area contributed by atoms with Crippen molar-refractivity contribution in [2.24, 2.45) is 5.73 Å². The minimum atomic E-state index is -3.77. The lowest BCUT2D eigenvalue weighted by Crippen LogP contribution is -2.41. The SMILES string of the molecule is Cc1cc([N+](=O)[O-])cc(S(=O)(=O)N2CCC(OCCCN)CC2)c1C. The summed E-state index contributed by atoms with van der Waals surface area (Å²) in [6.45, 7) is 5.19. The van der Waals surface area contributed by atoms with Crippen LogP contribution >= 0.6 is 0 Å². The third-order valence-electron chi connectivity index (χ3n) is 4.54. The third-order valence-corrected chi connectivity index (χ3v) is 6.56. The first-order valence-electron chi connectivity index (χ1n) is 8.35. The molecule has 9 heteroatoms. The molecule has 140 valence electrons. The van der Waals surface area contributed by atoms with E-state index in [4.69, 9.17) is 10.5 Å². The maximum atomic E-state index is 12.9. The Morgan fingerprint density at radius 3 is 2.52 bits per heavy atom. The number of nitrogens with zero attached hydrogens (tertiary/aromatic N) is 2. The van der Waals surface area contributed by atoms with Crippen LogP contribution in [-0.4, -0.2) is 50.0 Å². The van der Waals surface area contributed by atoms with Crippen LogP contribution in [0.25, 0.3) is 0 Å². The fraction of sp³-hybridized carbons (Fsp3) is 0.625. The first-order valence-corrected chi connectivity index (χ1v) is 9.79. The maximum Gasteiger partial charge on any atom is 0.271 e. The molecule has 0 saturated carbocycles. The molecule has 1 aromatic carbocycles. The molecule has 1 fully saturated rings. The fourth-order valence-electron chi connectivity index (χ4n) is 2.89. The average molecular weight is 371 g/mol. The molecule has 0 spiro atoms. The molecule has 1 saturated heterocycles. The maximum absolute atomic E-state index is 12.9. The van der Waals surface area contributed by atoms with Gasteiger partial charge in [-0.1, -0.05) is 0 Å². The normalized spacial score (nSPS) is 16.9. The van der Waals surface area contributed by atoms with Gasteiger partial charge in [-0.05, 0) is 50.8 Å². The van der Waals surface area contributed by atoms with Gasteiger partial charge in [0.15, 0.2) is 0 Å². The van der Waals surface area contributed by atoms with E-state index in [1.165, 1.54) is 10.4 Å². The van der Waals surface area contributed by atoms with E-state index in [2.05, 4.69) is 0 Å². The zero-order valence-corrected chi connectivity index (χ0v) is 15.4. The predicted octanol–water partition coefficient (Wildman–Crippen LogP) is 1.73. The fourth-order valence-corrected chi connectivity index (χ4v) is 4.68. The quantitative estimate of drug-likeness (QED) is 0.443. The van der Waals surface area contributed by atoms with Crippen LogP contribution in [0.2, 0.25) is 0 Å². The summed E-state index contributed by atoms with van der Waals surface area (Å²) in [6, 6.07) is 2.55. The van der Waals surface area contributed by atoms with Crippen molar-refractivity contribution >= 4 is 15.7 Å². The number of ether oxygens (including phenoxy) is 1. The topological polar surface area (TPSA) is 116 Å². The van der Waals surface area contributed by atoms with Gasteiger partial charge in [-0.15, -0.1) is 0 Å². The summed E-state index contributed by atoms with van der Waals surface area (Å²) in [5, 5.41) is 11.1. The molecule has 0 atom stereocenters. The molecule has 0 unspecified atom stereocenters. The summed E-state index contributed by atoms with van der Waals surface area (Å²) < 4.78 is 33.0. The Balaban J connectivity index is 2.16. The molecule has 1 aliphatic heterocycles. The highest BCUT2D eigenvalue weighted by Crippen LogP contribution is 2.29. The molecule has 2 rings (SSSR count). The molecule has 0 radical (unpaired) electrons. The Labute approximate surface area is 148 Å². The number of non-ortho nitro benzene ring substituents is 1. The van der Waals surface area contributed by atoms with Crippen LogP contribution in [0.3, 0.4) is 0 Å². The molecule has 1 heterocycles. The van der Waals surface area contributed by atoms with Crippen LogP contribution in [0.4, 0.5) is 5.69 Å². The Morgan fingerprint density at radius 2 is 1.96 bits per heavy atom. The van der Waals surface area contributed by atoms with Crippen molar-refractivity contribution in [1.82, 2.24) is 4.31 Å². The lowest BCUT2D eigenvalue weighted by molar-refractivity contribution is -0.385. The predicted molar refractivity (Wildman–Crippen MR) is 94.0 cm³/mol. The van der Waals surface area contributed by atoms with Crippen molar-refractivity contribution in [3.05, 3.63) is 33.4 Å². The van der Waals surface area contributed by atoms with Crippen LogP contribution in [0.5, 0.6) is 0 Å². The van der Waals surface area contributed by atoms with Gasteiger partial charge in [-0.25, -0.2) is 8.42 Å². The number of aryl methyl sites for hydroxylation is 1. The standard InChI is InChI=1S/C16H25N3O5S/c1-12-10-14(19(20)21)11-16(13(12)2)25(22,23)18-7-4-15(5-8-18)24-9-3-6-17/h10-11,15H,3-9,17H2,1-2H3. The van der Waals surface area contributed by atoms with Gasteiger partial charge in [0.2, 0.25) is 10.0 Å². The van der Waals surface area contributed by atoms with E-state index < -0.39 is 14.9 Å². The first kappa shape index (κ1) is 19.8. The largest absolute Gasteiger partial charge is 0.378 e. The van der Waals surface area contributed by atoms with Gasteiger partial charge in [0.05, 0.1) is 15.9 Å². The molecule has 0 aromatic heterocycles. The molecule has 0 bridgehead atoms. The van der Waals surface area contributed by atoms with Crippen LogP contribution in [-0.2, 0) is 14.8 Å². The smallest absolute Gasteiger partial charge is 0.271 e. The van der Waals surface area contributed by atoms with E-state index in [9.17, 15) is 18.5 Å². The highest BCUT2D eigenvalue weighted by molar-refractivity contribution is 7.89. The average Bonchev–Trinajstić information content (AvgIpc) is 2.57. The van der Waals surface area contributed by atoms with Crippen molar-refractivity contribution in [1.29, 1.82) is 0 Å². The van der Waals surface area contributed by atoms with Gasteiger partial charge in [0.25, 0.3) is 5.69 Å². The number of hydrogen-bond acceptors (Lipinski definition) is 6. The number of benzene rings is 1. The minimum Gasteiger partial charge on any atom is -0.378 e. The molecule has 8 nitrogen and oxygen atoms in total. The van der Waals surface area contributed by atoms with Crippen molar-refractivity contribution < 1.29 is 18.1 Å². The summed E-state index contributed by atoms with van der Waals surface area (Å²) in [5.41, 5.74) is 6.36. The first-order chi connectivity index (χ1) is 11.8. The van der Waals surface area contributed by atoms with Gasteiger partial charge >= 0.3 is 0 Å². The zero-order valence-electron chi connectivity index (χ0n) is 14.6. The van der Waals surface area contributed by atoms with E-state index in [-0.39, 0.29) is 16.7 Å². The number of nitro benzene ring substituents is 1. The number of sulfonamides is 1. The summed E-state index contributed by atoms with van der Waals surface area (Å²) in [4.78, 5) is 10.5. The Hall–Kier alpha value is -1.55. The van der Waals surface area contributed by atoms with E-state index >= 15 is 0 Å². The molecule has 1 aromatic rings. The van der Waals surface area contributed by atoms with Gasteiger partial charge in [0, 0.05) is 31.8 Å². The summed E-state index contributed by atoms with van der Waals surface area (Å²) in [6.07, 6.45) is 2.03. The summed E-state index contributed by atoms with van der Waals surface area (Å²) >= 11 is 0. The highest BCUT2D eigenvalue weighted by Gasteiger charge is 2.32. The lowest BCUT2D eigenvalue weighted by Gasteiger charge is -2.31. The van der Waals surface area contributed by atoms with E-state index in [1.807, 2.05) is 0 Å². The van der Waals surface area contributed by atoms with Crippen LogP contribution < -0.4 is 5.73 Å². The van der Waals surface area contributed by atoms with Crippen LogP contribution in [0.15, 0.2) is 17.0 Å². The van der Waals surface area contributed by atoms with Crippen molar-refractivity contribution in [3.63, 3.8) is 0 Å². The number of rotatable bonds is 7. The van der Waals surface area contributed by atoms with Crippen molar-refractivity contribution in [3.8, 4) is 0 Å². The van der Waals surface area contributed by atoms with E-state index in [1.54, 1.807) is 13.8 Å². The number of nitro groups is 1. The van der Waals surface area contributed by atoms with Gasteiger partial charge in [-0.2, -0.15) is 4.31 Å². The molecule has 1 aliphatic rings.